The monoisotopic (exact) mass is 212 g/mol. The third kappa shape index (κ3) is 2.52. The molecule has 0 saturated carbocycles. The predicted molar refractivity (Wildman–Crippen MR) is 50.2 cm³/mol. The van der Waals surface area contributed by atoms with E-state index < -0.39 is 11.9 Å². The van der Waals surface area contributed by atoms with Crippen LogP contribution in [0.4, 0.5) is 0 Å². The topological polar surface area (TPSA) is 111 Å². The summed E-state index contributed by atoms with van der Waals surface area (Å²) in [4.78, 5) is 21.3. The first kappa shape index (κ1) is 11.2. The lowest BCUT2D eigenvalue weighted by atomic mass is 10.2. The molecule has 0 aliphatic carbocycles. The van der Waals surface area contributed by atoms with Crippen LogP contribution >= 0.6 is 0 Å². The number of carbonyl (C=O) groups is 2. The molecule has 0 radical (unpaired) electrons. The Morgan fingerprint density at radius 1 is 1.53 bits per heavy atom. The zero-order valence-electron chi connectivity index (χ0n) is 8.30. The lowest BCUT2D eigenvalue weighted by molar-refractivity contribution is -0.118. The number of aryl methyl sites for hydroxylation is 1. The smallest absolute Gasteiger partial charge is 0.358 e. The standard InChI is InChI=1S/C8H12N4O3/c1-2-5-7(8(14)15)10-11-12(5)4-3-6(9)13/h2-4H2,1H3,(H2,9,13)(H,14,15). The molecule has 0 fully saturated rings. The molecule has 0 aromatic carbocycles. The Morgan fingerprint density at radius 2 is 2.20 bits per heavy atom. The molecule has 0 aliphatic heterocycles. The maximum atomic E-state index is 10.7. The first-order valence-corrected chi connectivity index (χ1v) is 4.50. The van der Waals surface area contributed by atoms with Gasteiger partial charge in [0.1, 0.15) is 0 Å². The minimum absolute atomic E-state index is 0.0676. The zero-order valence-corrected chi connectivity index (χ0v) is 8.30. The van der Waals surface area contributed by atoms with Crippen molar-refractivity contribution >= 4 is 11.9 Å². The number of nitrogens with zero attached hydrogens (tertiary/aromatic N) is 3. The molecule has 0 saturated heterocycles. The number of hydrogen-bond donors (Lipinski definition) is 2. The first-order chi connectivity index (χ1) is 7.06. The SMILES string of the molecule is CCc1c(C(=O)O)nnn1CCC(N)=O. The highest BCUT2D eigenvalue weighted by Gasteiger charge is 2.17. The van der Waals surface area contributed by atoms with E-state index in [9.17, 15) is 9.59 Å². The van der Waals surface area contributed by atoms with Crippen LogP contribution < -0.4 is 5.73 Å². The summed E-state index contributed by atoms with van der Waals surface area (Å²) in [6, 6.07) is 0. The minimum atomic E-state index is -1.11. The quantitative estimate of drug-likeness (QED) is 0.677. The number of amides is 1. The van der Waals surface area contributed by atoms with Crippen LogP contribution in [0.5, 0.6) is 0 Å². The molecule has 1 amide bonds. The van der Waals surface area contributed by atoms with Gasteiger partial charge in [-0.15, -0.1) is 5.10 Å². The van der Waals surface area contributed by atoms with E-state index in [-0.39, 0.29) is 18.7 Å². The number of nitrogens with two attached hydrogens (primary N) is 1. The molecule has 1 aromatic heterocycles. The number of carboxylic acids is 1. The molecule has 0 aliphatic rings. The van der Waals surface area contributed by atoms with Crippen LogP contribution in [0.15, 0.2) is 0 Å². The molecule has 1 rings (SSSR count). The third-order valence-electron chi connectivity index (χ3n) is 1.95. The number of aromatic nitrogens is 3. The number of rotatable bonds is 5. The zero-order chi connectivity index (χ0) is 11.4. The molecular formula is C8H12N4O3. The average molecular weight is 212 g/mol. The fourth-order valence-corrected chi connectivity index (χ4v) is 1.24. The fourth-order valence-electron chi connectivity index (χ4n) is 1.24. The Labute approximate surface area is 85.9 Å². The van der Waals surface area contributed by atoms with Crippen molar-refractivity contribution in [2.45, 2.75) is 26.3 Å². The van der Waals surface area contributed by atoms with Gasteiger partial charge < -0.3 is 10.8 Å². The number of primary amides is 1. The van der Waals surface area contributed by atoms with Gasteiger partial charge in [-0.25, -0.2) is 9.48 Å². The van der Waals surface area contributed by atoms with Gasteiger partial charge in [0.05, 0.1) is 12.2 Å². The summed E-state index contributed by atoms with van der Waals surface area (Å²) in [5.74, 6) is -1.57. The molecule has 0 unspecified atom stereocenters. The van der Waals surface area contributed by atoms with Crippen molar-refractivity contribution in [3.63, 3.8) is 0 Å². The number of carboxylic acid groups (broad SMARTS) is 1. The van der Waals surface area contributed by atoms with Crippen molar-refractivity contribution in [2.75, 3.05) is 0 Å². The Balaban J connectivity index is 2.89. The molecular weight excluding hydrogens is 200 g/mol. The van der Waals surface area contributed by atoms with Gasteiger partial charge in [-0.2, -0.15) is 0 Å². The molecule has 7 nitrogen and oxygen atoms in total. The predicted octanol–water partition coefficient (Wildman–Crippen LogP) is -0.586. The van der Waals surface area contributed by atoms with Gasteiger partial charge in [0.25, 0.3) is 0 Å². The van der Waals surface area contributed by atoms with Crippen LogP contribution in [0.1, 0.15) is 29.5 Å². The van der Waals surface area contributed by atoms with Gasteiger partial charge in [0, 0.05) is 6.42 Å². The molecule has 1 aromatic rings. The summed E-state index contributed by atoms with van der Waals surface area (Å²) in [5.41, 5.74) is 5.42. The van der Waals surface area contributed by atoms with Crippen LogP contribution in [0.25, 0.3) is 0 Å². The van der Waals surface area contributed by atoms with Gasteiger partial charge in [-0.1, -0.05) is 12.1 Å². The molecule has 7 heteroatoms. The Bertz CT molecular complexity index is 385. The van der Waals surface area contributed by atoms with Crippen molar-refractivity contribution in [2.24, 2.45) is 5.73 Å². The number of carbonyl (C=O) groups excluding carboxylic acids is 1. The summed E-state index contributed by atoms with van der Waals surface area (Å²) in [5, 5.41) is 16.0. The van der Waals surface area contributed by atoms with Crippen molar-refractivity contribution in [1.82, 2.24) is 15.0 Å². The van der Waals surface area contributed by atoms with E-state index in [0.717, 1.165) is 0 Å². The Hall–Kier alpha value is -1.92. The lowest BCUT2D eigenvalue weighted by Gasteiger charge is -2.02. The average Bonchev–Trinajstić information content (AvgIpc) is 2.57. The van der Waals surface area contributed by atoms with Gasteiger partial charge >= 0.3 is 5.97 Å². The summed E-state index contributed by atoms with van der Waals surface area (Å²) in [7, 11) is 0. The third-order valence-corrected chi connectivity index (χ3v) is 1.95. The minimum Gasteiger partial charge on any atom is -0.476 e. The van der Waals surface area contributed by atoms with E-state index >= 15 is 0 Å². The van der Waals surface area contributed by atoms with Gasteiger partial charge in [-0.05, 0) is 6.42 Å². The Morgan fingerprint density at radius 3 is 2.67 bits per heavy atom. The summed E-state index contributed by atoms with van der Waals surface area (Å²) >= 11 is 0. The van der Waals surface area contributed by atoms with Crippen LogP contribution in [0, 0.1) is 0 Å². The first-order valence-electron chi connectivity index (χ1n) is 4.50. The van der Waals surface area contributed by atoms with E-state index in [1.165, 1.54) is 4.68 Å². The largest absolute Gasteiger partial charge is 0.476 e. The summed E-state index contributed by atoms with van der Waals surface area (Å²) < 4.78 is 1.40. The highest BCUT2D eigenvalue weighted by Crippen LogP contribution is 2.06. The van der Waals surface area contributed by atoms with Crippen LogP contribution in [-0.2, 0) is 17.8 Å². The van der Waals surface area contributed by atoms with Crippen molar-refractivity contribution in [3.8, 4) is 0 Å². The second kappa shape index (κ2) is 4.54. The van der Waals surface area contributed by atoms with E-state index in [1.807, 2.05) is 0 Å². The maximum Gasteiger partial charge on any atom is 0.358 e. The number of hydrogen-bond acceptors (Lipinski definition) is 4. The van der Waals surface area contributed by atoms with E-state index in [1.54, 1.807) is 6.92 Å². The summed E-state index contributed by atoms with van der Waals surface area (Å²) in [6.45, 7) is 2.06. The molecule has 0 atom stereocenters. The van der Waals surface area contributed by atoms with Crippen molar-refractivity contribution in [1.29, 1.82) is 0 Å². The normalized spacial score (nSPS) is 10.2. The van der Waals surface area contributed by atoms with Gasteiger partial charge in [0.15, 0.2) is 5.69 Å². The van der Waals surface area contributed by atoms with E-state index in [4.69, 9.17) is 10.8 Å². The van der Waals surface area contributed by atoms with Crippen molar-refractivity contribution < 1.29 is 14.7 Å². The second-order valence-corrected chi connectivity index (χ2v) is 2.98. The molecule has 1 heterocycles. The molecule has 0 spiro atoms. The van der Waals surface area contributed by atoms with E-state index in [2.05, 4.69) is 10.3 Å². The Kier molecular flexibility index (Phi) is 3.37. The fraction of sp³-hybridized carbons (Fsp3) is 0.500. The van der Waals surface area contributed by atoms with Gasteiger partial charge in [0.2, 0.25) is 5.91 Å². The van der Waals surface area contributed by atoms with Crippen LogP contribution in [-0.4, -0.2) is 32.0 Å². The highest BCUT2D eigenvalue weighted by molar-refractivity contribution is 5.86. The second-order valence-electron chi connectivity index (χ2n) is 2.98. The van der Waals surface area contributed by atoms with E-state index in [0.29, 0.717) is 12.1 Å². The van der Waals surface area contributed by atoms with Crippen molar-refractivity contribution in [3.05, 3.63) is 11.4 Å². The summed E-state index contributed by atoms with van der Waals surface area (Å²) in [6.07, 6.45) is 0.614. The van der Waals surface area contributed by atoms with Crippen LogP contribution in [0.2, 0.25) is 0 Å². The van der Waals surface area contributed by atoms with Gasteiger partial charge in [-0.3, -0.25) is 4.79 Å². The number of aromatic carboxylic acids is 1. The molecule has 3 N–H and O–H groups in total. The maximum absolute atomic E-state index is 10.7. The lowest BCUT2D eigenvalue weighted by Crippen LogP contribution is -2.16. The molecule has 82 valence electrons. The highest BCUT2D eigenvalue weighted by atomic mass is 16.4. The molecule has 0 bridgehead atoms. The molecule has 15 heavy (non-hydrogen) atoms. The van der Waals surface area contributed by atoms with Crippen LogP contribution in [0.3, 0.4) is 0 Å².